The topological polar surface area (TPSA) is 55.4 Å². The quantitative estimate of drug-likeness (QED) is 0.870. The molecular formula is C14H14BrNO3. The highest BCUT2D eigenvalue weighted by atomic mass is 79.9. The van der Waals surface area contributed by atoms with Crippen LogP contribution in [0, 0.1) is 6.92 Å². The van der Waals surface area contributed by atoms with Crippen molar-refractivity contribution >= 4 is 27.9 Å². The lowest BCUT2D eigenvalue weighted by Gasteiger charge is -2.09. The van der Waals surface area contributed by atoms with E-state index in [0.717, 1.165) is 11.5 Å². The molecule has 0 saturated carbocycles. The standard InChI is InChI=1S/C14H14BrNO3/c1-9-3-6-12(18-9)10(2)16-14(17)8-5-11-4-7-13(15)19-11/h3-8,10H,1-2H3,(H,16,17)/b8-5+. The summed E-state index contributed by atoms with van der Waals surface area (Å²) in [6.45, 7) is 3.74. The Morgan fingerprint density at radius 3 is 2.68 bits per heavy atom. The van der Waals surface area contributed by atoms with Crippen LogP contribution in [0.1, 0.15) is 30.2 Å². The monoisotopic (exact) mass is 323 g/mol. The van der Waals surface area contributed by atoms with Crippen molar-refractivity contribution in [2.75, 3.05) is 0 Å². The number of furan rings is 2. The summed E-state index contributed by atoms with van der Waals surface area (Å²) < 4.78 is 11.3. The van der Waals surface area contributed by atoms with Crippen molar-refractivity contribution in [3.63, 3.8) is 0 Å². The first-order valence-corrected chi connectivity index (χ1v) is 6.64. The van der Waals surface area contributed by atoms with Crippen LogP contribution in [0.3, 0.4) is 0 Å². The lowest BCUT2D eigenvalue weighted by atomic mass is 10.2. The van der Waals surface area contributed by atoms with Crippen LogP contribution in [0.5, 0.6) is 0 Å². The molecule has 1 N–H and O–H groups in total. The molecule has 0 spiro atoms. The minimum absolute atomic E-state index is 0.172. The van der Waals surface area contributed by atoms with E-state index in [1.807, 2.05) is 26.0 Å². The lowest BCUT2D eigenvalue weighted by molar-refractivity contribution is -0.117. The molecule has 100 valence electrons. The third-order valence-corrected chi connectivity index (χ3v) is 2.97. The average Bonchev–Trinajstić information content (AvgIpc) is 2.95. The maximum atomic E-state index is 11.7. The zero-order valence-corrected chi connectivity index (χ0v) is 12.2. The summed E-state index contributed by atoms with van der Waals surface area (Å²) in [6, 6.07) is 7.09. The normalized spacial score (nSPS) is 12.8. The number of halogens is 1. The molecule has 2 heterocycles. The lowest BCUT2D eigenvalue weighted by Crippen LogP contribution is -2.24. The summed E-state index contributed by atoms with van der Waals surface area (Å²) >= 11 is 3.20. The predicted octanol–water partition coefficient (Wildman–Crippen LogP) is 3.83. The molecule has 2 aromatic heterocycles. The molecule has 5 heteroatoms. The van der Waals surface area contributed by atoms with Gasteiger partial charge in [0.25, 0.3) is 0 Å². The number of rotatable bonds is 4. The fourth-order valence-electron chi connectivity index (χ4n) is 1.59. The Labute approximate surface area is 119 Å². The van der Waals surface area contributed by atoms with E-state index in [9.17, 15) is 4.79 Å². The molecule has 0 aliphatic rings. The van der Waals surface area contributed by atoms with Crippen LogP contribution < -0.4 is 5.32 Å². The highest BCUT2D eigenvalue weighted by molar-refractivity contribution is 9.10. The zero-order valence-electron chi connectivity index (χ0n) is 10.6. The first-order valence-electron chi connectivity index (χ1n) is 5.85. The second-order valence-corrected chi connectivity index (χ2v) is 4.94. The Morgan fingerprint density at radius 1 is 1.32 bits per heavy atom. The van der Waals surface area contributed by atoms with E-state index in [2.05, 4.69) is 21.2 Å². The van der Waals surface area contributed by atoms with E-state index in [1.54, 1.807) is 18.2 Å². The number of aryl methyl sites for hydroxylation is 1. The van der Waals surface area contributed by atoms with Crippen LogP contribution in [0.15, 0.2) is 43.8 Å². The third-order valence-electron chi connectivity index (χ3n) is 2.54. The molecule has 4 nitrogen and oxygen atoms in total. The largest absolute Gasteiger partial charge is 0.464 e. The van der Waals surface area contributed by atoms with Crippen molar-refractivity contribution in [2.24, 2.45) is 0 Å². The Balaban J connectivity index is 1.92. The third kappa shape index (κ3) is 3.86. The van der Waals surface area contributed by atoms with Gasteiger partial charge in [0.1, 0.15) is 17.3 Å². The number of carbonyl (C=O) groups is 1. The van der Waals surface area contributed by atoms with Crippen LogP contribution in [-0.2, 0) is 4.79 Å². The first kappa shape index (κ1) is 13.7. The van der Waals surface area contributed by atoms with Gasteiger partial charge >= 0.3 is 0 Å². The molecule has 0 fully saturated rings. The summed E-state index contributed by atoms with van der Waals surface area (Å²) in [5, 5.41) is 2.81. The Morgan fingerprint density at radius 2 is 2.11 bits per heavy atom. The van der Waals surface area contributed by atoms with E-state index in [1.165, 1.54) is 6.08 Å². The van der Waals surface area contributed by atoms with Gasteiger partial charge in [-0.2, -0.15) is 0 Å². The second-order valence-electron chi connectivity index (χ2n) is 4.15. The number of nitrogens with one attached hydrogen (secondary N) is 1. The summed E-state index contributed by atoms with van der Waals surface area (Å²) in [6.07, 6.45) is 3.04. The molecule has 0 aliphatic carbocycles. The van der Waals surface area contributed by atoms with Gasteiger partial charge in [0.2, 0.25) is 5.91 Å². The molecular weight excluding hydrogens is 310 g/mol. The second kappa shape index (κ2) is 5.93. The van der Waals surface area contributed by atoms with Gasteiger partial charge in [0.15, 0.2) is 4.67 Å². The van der Waals surface area contributed by atoms with Gasteiger partial charge in [-0.25, -0.2) is 0 Å². The van der Waals surface area contributed by atoms with Gasteiger partial charge in [0, 0.05) is 6.08 Å². The van der Waals surface area contributed by atoms with Crippen molar-refractivity contribution in [2.45, 2.75) is 19.9 Å². The highest BCUT2D eigenvalue weighted by Gasteiger charge is 2.10. The van der Waals surface area contributed by atoms with E-state index >= 15 is 0 Å². The van der Waals surface area contributed by atoms with E-state index in [4.69, 9.17) is 8.83 Å². The van der Waals surface area contributed by atoms with Crippen LogP contribution in [0.2, 0.25) is 0 Å². The average molecular weight is 324 g/mol. The van der Waals surface area contributed by atoms with Gasteiger partial charge in [-0.3, -0.25) is 4.79 Å². The number of carbonyl (C=O) groups excluding carboxylic acids is 1. The van der Waals surface area contributed by atoms with E-state index in [-0.39, 0.29) is 11.9 Å². The molecule has 0 aliphatic heterocycles. The summed E-state index contributed by atoms with van der Waals surface area (Å²) in [5.74, 6) is 1.98. The smallest absolute Gasteiger partial charge is 0.244 e. The number of hydrogen-bond donors (Lipinski definition) is 1. The molecule has 19 heavy (non-hydrogen) atoms. The van der Waals surface area contributed by atoms with Crippen molar-refractivity contribution < 1.29 is 13.6 Å². The van der Waals surface area contributed by atoms with E-state index in [0.29, 0.717) is 10.4 Å². The summed E-state index contributed by atoms with van der Waals surface area (Å²) in [5.41, 5.74) is 0. The van der Waals surface area contributed by atoms with Crippen molar-refractivity contribution in [1.82, 2.24) is 5.32 Å². The minimum Gasteiger partial charge on any atom is -0.464 e. The molecule has 2 rings (SSSR count). The van der Waals surface area contributed by atoms with Crippen LogP contribution in [-0.4, -0.2) is 5.91 Å². The first-order chi connectivity index (χ1) is 9.04. The molecule has 0 bridgehead atoms. The maximum Gasteiger partial charge on any atom is 0.244 e. The Kier molecular flexibility index (Phi) is 4.27. The van der Waals surface area contributed by atoms with Crippen LogP contribution in [0.4, 0.5) is 0 Å². The van der Waals surface area contributed by atoms with Crippen LogP contribution in [0.25, 0.3) is 6.08 Å². The number of hydrogen-bond acceptors (Lipinski definition) is 3. The Hall–Kier alpha value is -1.75. The molecule has 1 atom stereocenters. The fraction of sp³-hybridized carbons (Fsp3) is 0.214. The molecule has 0 radical (unpaired) electrons. The van der Waals surface area contributed by atoms with Gasteiger partial charge in [-0.05, 0) is 60.1 Å². The minimum atomic E-state index is -0.200. The van der Waals surface area contributed by atoms with Crippen molar-refractivity contribution in [1.29, 1.82) is 0 Å². The van der Waals surface area contributed by atoms with Gasteiger partial charge in [-0.15, -0.1) is 0 Å². The van der Waals surface area contributed by atoms with Gasteiger partial charge < -0.3 is 14.2 Å². The van der Waals surface area contributed by atoms with E-state index < -0.39 is 0 Å². The highest BCUT2D eigenvalue weighted by Crippen LogP contribution is 2.16. The zero-order chi connectivity index (χ0) is 13.8. The molecule has 2 aromatic rings. The molecule has 0 saturated heterocycles. The predicted molar refractivity (Wildman–Crippen MR) is 75.4 cm³/mol. The van der Waals surface area contributed by atoms with Crippen molar-refractivity contribution in [3.05, 3.63) is 52.3 Å². The fourth-order valence-corrected chi connectivity index (χ4v) is 1.91. The van der Waals surface area contributed by atoms with Gasteiger partial charge in [0.05, 0.1) is 6.04 Å². The van der Waals surface area contributed by atoms with Crippen LogP contribution >= 0.6 is 15.9 Å². The number of amides is 1. The summed E-state index contributed by atoms with van der Waals surface area (Å²) in [7, 11) is 0. The molecule has 0 aromatic carbocycles. The van der Waals surface area contributed by atoms with Gasteiger partial charge in [-0.1, -0.05) is 0 Å². The summed E-state index contributed by atoms with van der Waals surface area (Å²) in [4.78, 5) is 11.7. The molecule has 1 unspecified atom stereocenters. The maximum absolute atomic E-state index is 11.7. The SMILES string of the molecule is Cc1ccc(C(C)NC(=O)/C=C/c2ccc(Br)o2)o1. The molecule has 1 amide bonds. The Bertz CT molecular complexity index is 597. The van der Waals surface area contributed by atoms with Crippen molar-refractivity contribution in [3.8, 4) is 0 Å².